The molecule has 8 nitrogen and oxygen atoms in total. The van der Waals surface area contributed by atoms with E-state index in [9.17, 15) is 16.8 Å². The highest BCUT2D eigenvalue weighted by Gasteiger charge is 2.44. The summed E-state index contributed by atoms with van der Waals surface area (Å²) in [5.41, 5.74) is 0. The predicted octanol–water partition coefficient (Wildman–Crippen LogP) is 0.699. The molecule has 2 fully saturated rings. The van der Waals surface area contributed by atoms with Crippen molar-refractivity contribution in [2.75, 3.05) is 13.1 Å². The van der Waals surface area contributed by atoms with Gasteiger partial charge in [-0.1, -0.05) is 12.8 Å². The monoisotopic (exact) mass is 376 g/mol. The standard InChI is InChI=1S/C14H24N4O4S2/c1-11(2)18-10-13(7-15-18)24(21,22)17-8-14(9-17)23(19,20)16-12-5-3-4-6-12/h7,10-12,14,16H,3-6,8-9H2,1-2H3. The Morgan fingerprint density at radius 1 is 1.17 bits per heavy atom. The van der Waals surface area contributed by atoms with Gasteiger partial charge in [-0.25, -0.2) is 21.6 Å². The van der Waals surface area contributed by atoms with Gasteiger partial charge in [0.25, 0.3) is 0 Å². The fraction of sp³-hybridized carbons (Fsp3) is 0.786. The van der Waals surface area contributed by atoms with Crippen LogP contribution in [0.3, 0.4) is 0 Å². The van der Waals surface area contributed by atoms with Crippen LogP contribution in [0, 0.1) is 0 Å². The lowest BCUT2D eigenvalue weighted by Crippen LogP contribution is -2.59. The Balaban J connectivity index is 1.64. The molecule has 10 heteroatoms. The molecule has 2 aliphatic rings. The van der Waals surface area contributed by atoms with Gasteiger partial charge >= 0.3 is 0 Å². The highest BCUT2D eigenvalue weighted by molar-refractivity contribution is 7.91. The number of nitrogens with one attached hydrogen (secondary N) is 1. The number of aromatic nitrogens is 2. The summed E-state index contributed by atoms with van der Waals surface area (Å²) < 4.78 is 55.2. The minimum absolute atomic E-state index is 0.00273. The van der Waals surface area contributed by atoms with Gasteiger partial charge in [-0.2, -0.15) is 9.40 Å². The zero-order valence-corrected chi connectivity index (χ0v) is 15.6. The lowest BCUT2D eigenvalue weighted by atomic mass is 10.3. The van der Waals surface area contributed by atoms with Crippen molar-refractivity contribution in [2.45, 2.75) is 61.8 Å². The molecular formula is C14H24N4O4S2. The number of nitrogens with zero attached hydrogens (tertiary/aromatic N) is 3. The second kappa shape index (κ2) is 6.40. The third kappa shape index (κ3) is 3.37. The van der Waals surface area contributed by atoms with Crippen molar-refractivity contribution in [3.05, 3.63) is 12.4 Å². The van der Waals surface area contributed by atoms with Gasteiger partial charge in [0.05, 0.1) is 6.20 Å². The fourth-order valence-electron chi connectivity index (χ4n) is 3.05. The third-order valence-electron chi connectivity index (χ3n) is 4.68. The number of hydrogen-bond donors (Lipinski definition) is 1. The summed E-state index contributed by atoms with van der Waals surface area (Å²) in [6.07, 6.45) is 6.60. The van der Waals surface area contributed by atoms with Crippen LogP contribution >= 0.6 is 0 Å². The first-order chi connectivity index (χ1) is 11.2. The first-order valence-electron chi connectivity index (χ1n) is 8.25. The van der Waals surface area contributed by atoms with Crippen LogP contribution < -0.4 is 4.72 Å². The number of hydrogen-bond acceptors (Lipinski definition) is 5. The number of sulfonamides is 2. The molecule has 1 saturated heterocycles. The molecule has 3 rings (SSSR count). The molecule has 2 heterocycles. The van der Waals surface area contributed by atoms with Crippen LogP contribution in [0.25, 0.3) is 0 Å². The molecule has 136 valence electrons. The van der Waals surface area contributed by atoms with E-state index in [1.165, 1.54) is 16.7 Å². The largest absolute Gasteiger partial charge is 0.269 e. The van der Waals surface area contributed by atoms with Crippen LogP contribution in [-0.4, -0.2) is 55.3 Å². The van der Waals surface area contributed by atoms with Crippen molar-refractivity contribution in [2.24, 2.45) is 0 Å². The zero-order chi connectivity index (χ0) is 17.5. The summed E-state index contributed by atoms with van der Waals surface area (Å²) in [6, 6.07) is 0.0685. The lowest BCUT2D eigenvalue weighted by molar-refractivity contribution is 0.307. The summed E-state index contributed by atoms with van der Waals surface area (Å²) in [4.78, 5) is 0.107. The Morgan fingerprint density at radius 3 is 2.33 bits per heavy atom. The molecule has 1 aromatic rings. The molecule has 1 aliphatic carbocycles. The maximum atomic E-state index is 12.5. The molecule has 1 N–H and O–H groups in total. The Bertz CT molecular complexity index is 788. The first-order valence-corrected chi connectivity index (χ1v) is 11.2. The SMILES string of the molecule is CC(C)n1cc(S(=O)(=O)N2CC(S(=O)(=O)NC3CCCC3)C2)cn1. The molecule has 0 amide bonds. The van der Waals surface area contributed by atoms with Crippen LogP contribution in [-0.2, 0) is 20.0 Å². The van der Waals surface area contributed by atoms with Gasteiger partial charge in [0, 0.05) is 31.4 Å². The Labute approximate surface area is 143 Å². The lowest BCUT2D eigenvalue weighted by Gasteiger charge is -2.37. The predicted molar refractivity (Wildman–Crippen MR) is 89.5 cm³/mol. The molecule has 24 heavy (non-hydrogen) atoms. The average molecular weight is 377 g/mol. The second-order valence-corrected chi connectivity index (χ2v) is 10.8. The molecule has 1 aliphatic heterocycles. The van der Waals surface area contributed by atoms with E-state index in [1.807, 2.05) is 13.8 Å². The molecular weight excluding hydrogens is 352 g/mol. The first kappa shape index (κ1) is 17.8. The van der Waals surface area contributed by atoms with E-state index in [1.54, 1.807) is 4.68 Å². The smallest absolute Gasteiger partial charge is 0.246 e. The van der Waals surface area contributed by atoms with E-state index in [0.717, 1.165) is 25.7 Å². The Kier molecular flexibility index (Phi) is 4.75. The van der Waals surface area contributed by atoms with Crippen molar-refractivity contribution < 1.29 is 16.8 Å². The topological polar surface area (TPSA) is 101 Å². The van der Waals surface area contributed by atoms with Gasteiger partial charge in [-0.15, -0.1) is 0 Å². The van der Waals surface area contributed by atoms with Crippen LogP contribution in [0.5, 0.6) is 0 Å². The van der Waals surface area contributed by atoms with Gasteiger partial charge in [-0.05, 0) is 26.7 Å². The molecule has 1 saturated carbocycles. The summed E-state index contributed by atoms with van der Waals surface area (Å²) in [7, 11) is -7.15. The maximum absolute atomic E-state index is 12.5. The normalized spacial score (nSPS) is 21.5. The Morgan fingerprint density at radius 2 is 1.79 bits per heavy atom. The Hall–Kier alpha value is -0.970. The molecule has 0 aromatic carbocycles. The van der Waals surface area contributed by atoms with Gasteiger partial charge in [0.1, 0.15) is 10.1 Å². The zero-order valence-electron chi connectivity index (χ0n) is 13.9. The number of rotatable bonds is 6. The molecule has 0 spiro atoms. The van der Waals surface area contributed by atoms with Crippen molar-refractivity contribution in [3.8, 4) is 0 Å². The summed E-state index contributed by atoms with van der Waals surface area (Å²) in [5, 5.41) is 3.37. The summed E-state index contributed by atoms with van der Waals surface area (Å²) >= 11 is 0. The third-order valence-corrected chi connectivity index (χ3v) is 8.31. The maximum Gasteiger partial charge on any atom is 0.246 e. The highest BCUT2D eigenvalue weighted by atomic mass is 32.2. The minimum Gasteiger partial charge on any atom is -0.269 e. The van der Waals surface area contributed by atoms with E-state index >= 15 is 0 Å². The molecule has 1 aromatic heterocycles. The van der Waals surface area contributed by atoms with E-state index < -0.39 is 25.3 Å². The van der Waals surface area contributed by atoms with Gasteiger partial charge in [0.15, 0.2) is 0 Å². The van der Waals surface area contributed by atoms with Crippen molar-refractivity contribution in [3.63, 3.8) is 0 Å². The van der Waals surface area contributed by atoms with Crippen LogP contribution in [0.15, 0.2) is 17.3 Å². The summed E-state index contributed by atoms with van der Waals surface area (Å²) in [6.45, 7) is 3.81. The van der Waals surface area contributed by atoms with Crippen LogP contribution in [0.1, 0.15) is 45.6 Å². The minimum atomic E-state index is -3.68. The van der Waals surface area contributed by atoms with E-state index in [0.29, 0.717) is 0 Å². The molecule has 0 radical (unpaired) electrons. The molecule has 0 atom stereocenters. The molecule has 0 bridgehead atoms. The van der Waals surface area contributed by atoms with Crippen LogP contribution in [0.4, 0.5) is 0 Å². The van der Waals surface area contributed by atoms with Crippen molar-refractivity contribution in [1.29, 1.82) is 0 Å². The highest BCUT2D eigenvalue weighted by Crippen LogP contribution is 2.26. The van der Waals surface area contributed by atoms with E-state index in [-0.39, 0.29) is 30.1 Å². The fourth-order valence-corrected chi connectivity index (χ4v) is 6.36. The summed E-state index contributed by atoms with van der Waals surface area (Å²) in [5.74, 6) is 0. The second-order valence-electron chi connectivity index (χ2n) is 6.84. The average Bonchev–Trinajstić information content (AvgIpc) is 3.05. The van der Waals surface area contributed by atoms with Gasteiger partial charge < -0.3 is 0 Å². The van der Waals surface area contributed by atoms with Gasteiger partial charge in [-0.3, -0.25) is 4.68 Å². The van der Waals surface area contributed by atoms with E-state index in [4.69, 9.17) is 0 Å². The van der Waals surface area contributed by atoms with Crippen molar-refractivity contribution >= 4 is 20.0 Å². The van der Waals surface area contributed by atoms with Gasteiger partial charge in [0.2, 0.25) is 20.0 Å². The quantitative estimate of drug-likeness (QED) is 0.787. The van der Waals surface area contributed by atoms with Crippen LogP contribution in [0.2, 0.25) is 0 Å². The van der Waals surface area contributed by atoms with Crippen molar-refractivity contribution in [1.82, 2.24) is 18.8 Å². The molecule has 0 unspecified atom stereocenters. The van der Waals surface area contributed by atoms with E-state index in [2.05, 4.69) is 9.82 Å².